The second-order valence-electron chi connectivity index (χ2n) is 15.9. The molecule has 1 nitrogen and oxygen atoms in total. The monoisotopic (exact) mass is 589 g/mol. The van der Waals surface area contributed by atoms with Crippen LogP contribution in [0.25, 0.3) is 0 Å². The molecule has 8 atom stereocenters. The summed E-state index contributed by atoms with van der Waals surface area (Å²) >= 11 is 2.15. The molecule has 0 radical (unpaired) electrons. The highest BCUT2D eigenvalue weighted by atomic mass is 32.2. The molecule has 3 saturated carbocycles. The van der Waals surface area contributed by atoms with Gasteiger partial charge in [-0.25, -0.2) is 0 Å². The van der Waals surface area contributed by atoms with Crippen LogP contribution < -0.4 is 0 Å². The first kappa shape index (κ1) is 35.5. The third-order valence-corrected chi connectivity index (χ3v) is 13.7. The van der Waals surface area contributed by atoms with Gasteiger partial charge in [0.2, 0.25) is 0 Å². The van der Waals surface area contributed by atoms with E-state index in [1.807, 2.05) is 0 Å². The number of thioether (sulfide) groups is 1. The van der Waals surface area contributed by atoms with Gasteiger partial charge in [-0.05, 0) is 122 Å². The molecule has 1 N–H and O–H groups in total. The maximum absolute atomic E-state index is 10.2. The fraction of sp³-hybridized carbons (Fsp3) is 0.949. The van der Waals surface area contributed by atoms with Crippen molar-refractivity contribution in [3.63, 3.8) is 0 Å². The van der Waals surface area contributed by atoms with Gasteiger partial charge in [-0.15, -0.1) is 0 Å². The smallest absolute Gasteiger partial charge is 0.0577 e. The Labute approximate surface area is 262 Å². The Hall–Kier alpha value is 0.0500. The van der Waals surface area contributed by atoms with E-state index in [0.29, 0.717) is 10.8 Å². The second kappa shape index (κ2) is 17.5. The summed E-state index contributed by atoms with van der Waals surface area (Å²) in [6, 6.07) is 0. The molecular formula is C39H72OS. The first-order chi connectivity index (χ1) is 19.7. The Morgan fingerprint density at radius 3 is 2.12 bits per heavy atom. The third kappa shape index (κ3) is 9.52. The minimum absolute atomic E-state index is 0.0766. The zero-order valence-corrected chi connectivity index (χ0v) is 29.6. The largest absolute Gasteiger partial charge is 0.393 e. The van der Waals surface area contributed by atoms with Crippen LogP contribution in [0.4, 0.5) is 0 Å². The molecule has 0 spiro atoms. The van der Waals surface area contributed by atoms with Crippen molar-refractivity contribution < 1.29 is 5.11 Å². The minimum atomic E-state index is -0.0766. The summed E-state index contributed by atoms with van der Waals surface area (Å²) in [4.78, 5) is 0. The van der Waals surface area contributed by atoms with Gasteiger partial charge >= 0.3 is 0 Å². The predicted octanol–water partition coefficient (Wildman–Crippen LogP) is 12.3. The fourth-order valence-electron chi connectivity index (χ4n) is 10.0. The number of fused-ring (bicyclic) bond motifs is 5. The van der Waals surface area contributed by atoms with Gasteiger partial charge in [0.25, 0.3) is 0 Å². The Balaban J connectivity index is 0.000000302. The van der Waals surface area contributed by atoms with Crippen LogP contribution in [0.2, 0.25) is 0 Å². The normalized spacial score (nSPS) is 35.1. The quantitative estimate of drug-likeness (QED) is 0.152. The summed E-state index contributed by atoms with van der Waals surface area (Å²) in [5, 5.41) is 10.2. The lowest BCUT2D eigenvalue weighted by Gasteiger charge is -2.58. The number of hydrogen-bond donors (Lipinski definition) is 1. The number of aliphatic hydroxyl groups excluding tert-OH is 1. The maximum Gasteiger partial charge on any atom is 0.0577 e. The number of unbranched alkanes of at least 4 members (excludes halogenated alkanes) is 6. The van der Waals surface area contributed by atoms with Crippen LogP contribution in [0.3, 0.4) is 0 Å². The molecule has 2 heteroatoms. The molecule has 0 amide bonds. The van der Waals surface area contributed by atoms with Gasteiger partial charge in [0.05, 0.1) is 6.10 Å². The van der Waals surface area contributed by atoms with Crippen molar-refractivity contribution in [2.24, 2.45) is 46.3 Å². The molecule has 41 heavy (non-hydrogen) atoms. The highest BCUT2D eigenvalue weighted by Crippen LogP contribution is 2.67. The van der Waals surface area contributed by atoms with E-state index in [1.165, 1.54) is 121 Å². The molecular weight excluding hydrogens is 516 g/mol. The van der Waals surface area contributed by atoms with Crippen LogP contribution in [0, 0.1) is 46.3 Å². The summed E-state index contributed by atoms with van der Waals surface area (Å²) in [6.45, 7) is 17.1. The van der Waals surface area contributed by atoms with E-state index < -0.39 is 0 Å². The van der Waals surface area contributed by atoms with Gasteiger partial charge in [0.1, 0.15) is 0 Å². The zero-order chi connectivity index (χ0) is 29.9. The summed E-state index contributed by atoms with van der Waals surface area (Å²) < 4.78 is 0. The standard InChI is InChI=1S/C27H46O.C12H26S/c1-18(2)7-6-8-19(3)23-11-12-24-22-10-9-20-17-21(28)13-15-26(20,4)25(22)14-16-27(23,24)5;1-3-5-7-9-11-13-12-10-8-6-4-2/h9,18-19,21-25,28H,6-8,10-17H2,1-5H3;3-12H2,1-2H3/t19-,21+,22+,23-,24+,25+,26+,27-;/m1./s1. The highest BCUT2D eigenvalue weighted by Gasteiger charge is 2.59. The van der Waals surface area contributed by atoms with Gasteiger partial charge in [-0.2, -0.15) is 11.8 Å². The Morgan fingerprint density at radius 2 is 1.49 bits per heavy atom. The molecule has 0 saturated heterocycles. The first-order valence-electron chi connectivity index (χ1n) is 18.6. The maximum atomic E-state index is 10.2. The summed E-state index contributed by atoms with van der Waals surface area (Å²) in [6.07, 6.45) is 28.5. The van der Waals surface area contributed by atoms with Crippen molar-refractivity contribution in [2.45, 2.75) is 177 Å². The molecule has 0 bridgehead atoms. The topological polar surface area (TPSA) is 20.2 Å². The van der Waals surface area contributed by atoms with Gasteiger partial charge < -0.3 is 5.11 Å². The van der Waals surface area contributed by atoms with Gasteiger partial charge in [-0.3, -0.25) is 0 Å². The van der Waals surface area contributed by atoms with E-state index in [-0.39, 0.29) is 6.10 Å². The molecule has 0 aliphatic heterocycles. The van der Waals surface area contributed by atoms with Crippen LogP contribution in [-0.4, -0.2) is 22.7 Å². The third-order valence-electron chi connectivity index (χ3n) is 12.6. The number of allylic oxidation sites excluding steroid dienone is 1. The molecule has 4 rings (SSSR count). The second-order valence-corrected chi connectivity index (χ2v) is 17.1. The van der Waals surface area contributed by atoms with Crippen molar-refractivity contribution in [1.82, 2.24) is 0 Å². The molecule has 3 fully saturated rings. The van der Waals surface area contributed by atoms with E-state index in [0.717, 1.165) is 48.3 Å². The average Bonchev–Trinajstić information content (AvgIpc) is 3.30. The van der Waals surface area contributed by atoms with Crippen LogP contribution in [-0.2, 0) is 0 Å². The molecule has 4 aliphatic rings. The predicted molar refractivity (Wildman–Crippen MR) is 185 cm³/mol. The first-order valence-corrected chi connectivity index (χ1v) is 19.8. The lowest BCUT2D eigenvalue weighted by atomic mass is 9.47. The molecule has 240 valence electrons. The number of aliphatic hydroxyl groups is 1. The Bertz CT molecular complexity index is 749. The van der Waals surface area contributed by atoms with Crippen molar-refractivity contribution >= 4 is 11.8 Å². The van der Waals surface area contributed by atoms with E-state index in [9.17, 15) is 5.11 Å². The molecule has 0 aromatic heterocycles. The van der Waals surface area contributed by atoms with Crippen LogP contribution in [0.5, 0.6) is 0 Å². The number of hydrogen-bond acceptors (Lipinski definition) is 2. The molecule has 0 aromatic rings. The van der Waals surface area contributed by atoms with Crippen molar-refractivity contribution in [2.75, 3.05) is 11.5 Å². The lowest BCUT2D eigenvalue weighted by Crippen LogP contribution is -2.50. The van der Waals surface area contributed by atoms with Gasteiger partial charge in [-0.1, -0.05) is 118 Å². The average molecular weight is 589 g/mol. The van der Waals surface area contributed by atoms with E-state index >= 15 is 0 Å². The highest BCUT2D eigenvalue weighted by molar-refractivity contribution is 7.99. The summed E-state index contributed by atoms with van der Waals surface area (Å²) in [5.74, 6) is 8.25. The Morgan fingerprint density at radius 1 is 0.805 bits per heavy atom. The summed E-state index contributed by atoms with van der Waals surface area (Å²) in [7, 11) is 0. The van der Waals surface area contributed by atoms with Crippen molar-refractivity contribution in [3.05, 3.63) is 11.6 Å². The van der Waals surface area contributed by atoms with E-state index in [2.05, 4.69) is 66.3 Å². The fourth-order valence-corrected chi connectivity index (χ4v) is 11.1. The van der Waals surface area contributed by atoms with Crippen LogP contribution in [0.1, 0.15) is 170 Å². The van der Waals surface area contributed by atoms with Crippen LogP contribution in [0.15, 0.2) is 11.6 Å². The molecule has 0 heterocycles. The summed E-state index contributed by atoms with van der Waals surface area (Å²) in [5.41, 5.74) is 2.60. The van der Waals surface area contributed by atoms with Crippen LogP contribution >= 0.6 is 11.8 Å². The van der Waals surface area contributed by atoms with E-state index in [4.69, 9.17) is 0 Å². The minimum Gasteiger partial charge on any atom is -0.393 e. The van der Waals surface area contributed by atoms with E-state index in [1.54, 1.807) is 5.57 Å². The number of rotatable bonds is 15. The van der Waals surface area contributed by atoms with Crippen molar-refractivity contribution in [1.29, 1.82) is 0 Å². The van der Waals surface area contributed by atoms with Gasteiger partial charge in [0.15, 0.2) is 0 Å². The lowest BCUT2D eigenvalue weighted by molar-refractivity contribution is -0.0573. The van der Waals surface area contributed by atoms with Gasteiger partial charge in [0, 0.05) is 0 Å². The molecule has 0 unspecified atom stereocenters. The molecule has 4 aliphatic carbocycles. The van der Waals surface area contributed by atoms with Crippen molar-refractivity contribution in [3.8, 4) is 0 Å². The Kier molecular flexibility index (Phi) is 15.2. The SMILES string of the molecule is CC(C)CCC[C@@H](C)[C@H]1CC[C@H]2[C@@H]3CC=C4C[C@@H](O)CC[C@]4(C)[C@H]3CC[C@]12C.CCCCCCSCCCCCC. The zero-order valence-electron chi connectivity index (χ0n) is 28.8. The molecule has 0 aromatic carbocycles.